The zero-order valence-electron chi connectivity index (χ0n) is 15.7. The van der Waals surface area contributed by atoms with Crippen LogP contribution in [0.5, 0.6) is 5.75 Å². The van der Waals surface area contributed by atoms with Crippen molar-refractivity contribution in [2.75, 3.05) is 13.7 Å². The van der Waals surface area contributed by atoms with E-state index in [1.807, 2.05) is 13.1 Å². The van der Waals surface area contributed by atoms with Crippen molar-refractivity contribution in [2.24, 2.45) is 0 Å². The van der Waals surface area contributed by atoms with Crippen LogP contribution in [-0.4, -0.2) is 30.8 Å². The van der Waals surface area contributed by atoms with Gasteiger partial charge in [-0.1, -0.05) is 44.2 Å². The third-order valence-corrected chi connectivity index (χ3v) is 4.24. The van der Waals surface area contributed by atoms with Crippen LogP contribution in [-0.2, 0) is 11.2 Å². The van der Waals surface area contributed by atoms with E-state index in [1.54, 1.807) is 0 Å². The number of carbonyl (C=O) groups is 1. The van der Waals surface area contributed by atoms with Crippen molar-refractivity contribution in [3.05, 3.63) is 29.8 Å². The molecule has 0 heterocycles. The van der Waals surface area contributed by atoms with Gasteiger partial charge in [-0.15, -0.1) is 0 Å². The number of ether oxygens (including phenoxy) is 1. The number of carboxylic acids is 1. The number of unbranched alkanes of at least 4 members (excludes halogenated alkanes) is 6. The molecule has 0 saturated heterocycles. The van der Waals surface area contributed by atoms with Crippen LogP contribution >= 0.6 is 13.5 Å². The van der Waals surface area contributed by atoms with Crippen LogP contribution < -0.4 is 10.1 Å². The van der Waals surface area contributed by atoms with E-state index in [9.17, 15) is 4.79 Å². The summed E-state index contributed by atoms with van der Waals surface area (Å²) in [5.41, 5.74) is 1.30. The van der Waals surface area contributed by atoms with Crippen LogP contribution in [0.4, 0.5) is 0 Å². The van der Waals surface area contributed by atoms with Crippen LogP contribution in [0.25, 0.3) is 0 Å². The molecule has 0 saturated carbocycles. The molecule has 1 atom stereocenters. The SMILES string of the molecule is CN[C@H](C)Cc1cccc(OCCCCCCCCCC(=O)O)c1.S. The molecule has 1 aromatic rings. The zero-order valence-corrected chi connectivity index (χ0v) is 16.7. The first-order chi connectivity index (χ1) is 11.6. The van der Waals surface area contributed by atoms with Gasteiger partial charge in [0.1, 0.15) is 5.75 Å². The summed E-state index contributed by atoms with van der Waals surface area (Å²) in [6.07, 6.45) is 8.94. The molecule has 0 unspecified atom stereocenters. The van der Waals surface area contributed by atoms with Crippen molar-refractivity contribution < 1.29 is 14.6 Å². The van der Waals surface area contributed by atoms with Gasteiger partial charge in [-0.05, 0) is 50.9 Å². The van der Waals surface area contributed by atoms with Crippen LogP contribution in [0.1, 0.15) is 63.9 Å². The largest absolute Gasteiger partial charge is 0.494 e. The van der Waals surface area contributed by atoms with E-state index in [0.717, 1.165) is 44.5 Å². The second-order valence-electron chi connectivity index (χ2n) is 6.51. The molecule has 0 aromatic heterocycles. The molecule has 0 spiro atoms. The number of nitrogens with one attached hydrogen (secondary N) is 1. The molecule has 0 aliphatic heterocycles. The molecule has 0 fully saturated rings. The lowest BCUT2D eigenvalue weighted by molar-refractivity contribution is -0.137. The summed E-state index contributed by atoms with van der Waals surface area (Å²) in [5.74, 6) is 0.279. The molecule has 0 amide bonds. The zero-order chi connectivity index (χ0) is 17.6. The van der Waals surface area contributed by atoms with Gasteiger partial charge in [0.15, 0.2) is 0 Å². The normalized spacial score (nSPS) is 11.6. The van der Waals surface area contributed by atoms with Gasteiger partial charge in [0.25, 0.3) is 0 Å². The Labute approximate surface area is 159 Å². The smallest absolute Gasteiger partial charge is 0.303 e. The standard InChI is InChI=1S/C20H33NO3.H2S/c1-17(21-2)15-18-11-10-12-19(16-18)24-14-9-7-5-3-4-6-8-13-20(22)23;/h10-12,16-17,21H,3-9,13-15H2,1-2H3,(H,22,23);1H2/t17-;/m1./s1. The number of likely N-dealkylation sites (N-methyl/N-ethyl adjacent to an activating group) is 1. The minimum atomic E-state index is -0.684. The van der Waals surface area contributed by atoms with Crippen LogP contribution in [0.15, 0.2) is 24.3 Å². The highest BCUT2D eigenvalue weighted by Crippen LogP contribution is 2.16. The fourth-order valence-electron chi connectivity index (χ4n) is 2.67. The van der Waals surface area contributed by atoms with Gasteiger partial charge in [-0.2, -0.15) is 13.5 Å². The lowest BCUT2D eigenvalue weighted by atomic mass is 10.1. The van der Waals surface area contributed by atoms with Crippen molar-refractivity contribution in [1.82, 2.24) is 5.32 Å². The first-order valence-corrected chi connectivity index (χ1v) is 9.22. The lowest BCUT2D eigenvalue weighted by Crippen LogP contribution is -2.23. The van der Waals surface area contributed by atoms with Crippen molar-refractivity contribution in [3.63, 3.8) is 0 Å². The fourth-order valence-corrected chi connectivity index (χ4v) is 2.67. The highest BCUT2D eigenvalue weighted by Gasteiger charge is 2.02. The van der Waals surface area contributed by atoms with Crippen molar-refractivity contribution in [1.29, 1.82) is 0 Å². The summed E-state index contributed by atoms with van der Waals surface area (Å²) in [4.78, 5) is 10.4. The Kier molecular flexibility index (Phi) is 14.4. The monoisotopic (exact) mass is 369 g/mol. The average molecular weight is 370 g/mol. The van der Waals surface area contributed by atoms with E-state index < -0.39 is 5.97 Å². The molecular weight excluding hydrogens is 334 g/mol. The van der Waals surface area contributed by atoms with E-state index in [4.69, 9.17) is 9.84 Å². The Balaban J connectivity index is 0.00000576. The Morgan fingerprint density at radius 3 is 2.40 bits per heavy atom. The first-order valence-electron chi connectivity index (χ1n) is 9.22. The molecule has 0 radical (unpaired) electrons. The topological polar surface area (TPSA) is 58.6 Å². The highest BCUT2D eigenvalue weighted by atomic mass is 32.1. The van der Waals surface area contributed by atoms with Crippen molar-refractivity contribution in [2.45, 2.75) is 70.8 Å². The van der Waals surface area contributed by atoms with Gasteiger partial charge < -0.3 is 15.2 Å². The summed E-state index contributed by atoms with van der Waals surface area (Å²) < 4.78 is 5.85. The maximum Gasteiger partial charge on any atom is 0.303 e. The number of benzene rings is 1. The third kappa shape index (κ3) is 12.8. The van der Waals surface area contributed by atoms with Crippen LogP contribution in [0.2, 0.25) is 0 Å². The van der Waals surface area contributed by atoms with Gasteiger partial charge in [0.05, 0.1) is 6.61 Å². The Bertz CT molecular complexity index is 468. The summed E-state index contributed by atoms with van der Waals surface area (Å²) in [5, 5.41) is 11.8. The first kappa shape index (κ1) is 23.8. The summed E-state index contributed by atoms with van der Waals surface area (Å²) >= 11 is 0. The predicted octanol–water partition coefficient (Wildman–Crippen LogP) is 4.53. The second kappa shape index (κ2) is 15.1. The van der Waals surface area contributed by atoms with E-state index in [1.165, 1.54) is 24.8 Å². The van der Waals surface area contributed by atoms with E-state index in [0.29, 0.717) is 12.5 Å². The number of carboxylic acid groups (broad SMARTS) is 1. The Hall–Kier alpha value is -1.20. The van der Waals surface area contributed by atoms with Crippen LogP contribution in [0.3, 0.4) is 0 Å². The van der Waals surface area contributed by atoms with Gasteiger partial charge >= 0.3 is 5.97 Å². The van der Waals surface area contributed by atoms with Gasteiger partial charge in [-0.25, -0.2) is 0 Å². The predicted molar refractivity (Wildman–Crippen MR) is 109 cm³/mol. The Morgan fingerprint density at radius 2 is 1.76 bits per heavy atom. The van der Waals surface area contributed by atoms with Crippen molar-refractivity contribution >= 4 is 19.5 Å². The van der Waals surface area contributed by atoms with Gasteiger partial charge in [0, 0.05) is 12.5 Å². The fraction of sp³-hybridized carbons (Fsp3) is 0.650. The number of rotatable bonds is 14. The molecule has 0 bridgehead atoms. The molecule has 2 N–H and O–H groups in total. The summed E-state index contributed by atoms with van der Waals surface area (Å²) in [6, 6.07) is 8.83. The van der Waals surface area contributed by atoms with Gasteiger partial charge in [-0.3, -0.25) is 4.79 Å². The summed E-state index contributed by atoms with van der Waals surface area (Å²) in [6.45, 7) is 2.94. The molecule has 1 aromatic carbocycles. The molecule has 5 heteroatoms. The lowest BCUT2D eigenvalue weighted by Gasteiger charge is -2.12. The number of aliphatic carboxylic acids is 1. The molecule has 144 valence electrons. The highest BCUT2D eigenvalue weighted by molar-refractivity contribution is 7.59. The maximum atomic E-state index is 10.4. The molecule has 25 heavy (non-hydrogen) atoms. The third-order valence-electron chi connectivity index (χ3n) is 4.24. The average Bonchev–Trinajstić information content (AvgIpc) is 2.56. The number of hydrogen-bond acceptors (Lipinski definition) is 3. The van der Waals surface area contributed by atoms with Crippen molar-refractivity contribution in [3.8, 4) is 5.75 Å². The number of hydrogen-bond donors (Lipinski definition) is 2. The van der Waals surface area contributed by atoms with Crippen LogP contribution in [0, 0.1) is 0 Å². The maximum absolute atomic E-state index is 10.4. The quantitative estimate of drug-likeness (QED) is 0.473. The van der Waals surface area contributed by atoms with E-state index in [2.05, 4.69) is 30.4 Å². The molecule has 1 rings (SSSR count). The molecule has 0 aliphatic carbocycles. The molecule has 0 aliphatic rings. The van der Waals surface area contributed by atoms with Gasteiger partial charge in [0.2, 0.25) is 0 Å². The summed E-state index contributed by atoms with van der Waals surface area (Å²) in [7, 11) is 1.98. The molecular formula is C20H35NO3S. The van der Waals surface area contributed by atoms with E-state index >= 15 is 0 Å². The second-order valence-corrected chi connectivity index (χ2v) is 6.51. The minimum Gasteiger partial charge on any atom is -0.494 e. The minimum absolute atomic E-state index is 0. The van der Waals surface area contributed by atoms with E-state index in [-0.39, 0.29) is 13.5 Å². The molecule has 4 nitrogen and oxygen atoms in total. The Morgan fingerprint density at radius 1 is 1.12 bits per heavy atom.